The van der Waals surface area contributed by atoms with Gasteiger partial charge in [0, 0.05) is 12.1 Å². The summed E-state index contributed by atoms with van der Waals surface area (Å²) in [4.78, 5) is 4.35. The zero-order valence-electron chi connectivity index (χ0n) is 9.44. The fourth-order valence-electron chi connectivity index (χ4n) is 1.42. The molecule has 2 rings (SSSR count). The van der Waals surface area contributed by atoms with E-state index in [4.69, 9.17) is 14.2 Å². The number of methoxy groups -OCH3 is 2. The lowest BCUT2D eigenvalue weighted by atomic mass is 10.3. The fourth-order valence-corrected chi connectivity index (χ4v) is 2.30. The zero-order valence-corrected chi connectivity index (χ0v) is 10.3. The van der Waals surface area contributed by atoms with Crippen LogP contribution in [0.3, 0.4) is 0 Å². The number of hydrogen-bond acceptors (Lipinski definition) is 5. The highest BCUT2D eigenvalue weighted by molar-refractivity contribution is 7.20. The molecule has 0 N–H and O–H groups in total. The third-order valence-electron chi connectivity index (χ3n) is 2.14. The number of fused-ring (bicyclic) bond motifs is 1. The van der Waals surface area contributed by atoms with E-state index in [1.165, 1.54) is 11.3 Å². The van der Waals surface area contributed by atoms with Crippen LogP contribution in [0.1, 0.15) is 6.92 Å². The third kappa shape index (κ3) is 1.90. The molecule has 0 spiro atoms. The minimum atomic E-state index is 0.619. The summed E-state index contributed by atoms with van der Waals surface area (Å²) in [6.45, 7) is 2.56. The number of nitrogens with zero attached hydrogens (tertiary/aromatic N) is 1. The summed E-state index contributed by atoms with van der Waals surface area (Å²) < 4.78 is 16.8. The Kier molecular flexibility index (Phi) is 3.14. The molecule has 2 aromatic rings. The Balaban J connectivity index is 2.51. The normalized spacial score (nSPS) is 10.4. The molecule has 0 unspecified atom stereocenters. The topological polar surface area (TPSA) is 40.6 Å². The van der Waals surface area contributed by atoms with Crippen molar-refractivity contribution in [2.45, 2.75) is 6.92 Å². The van der Waals surface area contributed by atoms with Crippen molar-refractivity contribution in [1.82, 2.24) is 4.98 Å². The summed E-state index contributed by atoms with van der Waals surface area (Å²) in [6, 6.07) is 3.77. The second-order valence-electron chi connectivity index (χ2n) is 3.09. The van der Waals surface area contributed by atoms with E-state index in [2.05, 4.69) is 4.98 Å². The predicted octanol–water partition coefficient (Wildman–Crippen LogP) is 2.71. The maximum absolute atomic E-state index is 5.36. The van der Waals surface area contributed by atoms with Crippen molar-refractivity contribution in [3.63, 3.8) is 0 Å². The second kappa shape index (κ2) is 4.57. The maximum atomic E-state index is 5.36. The quantitative estimate of drug-likeness (QED) is 0.822. The lowest BCUT2D eigenvalue weighted by Gasteiger charge is -2.05. The molecule has 0 bridgehead atoms. The molecule has 0 saturated heterocycles. The van der Waals surface area contributed by atoms with Gasteiger partial charge in [-0.15, -0.1) is 0 Å². The summed E-state index contributed by atoms with van der Waals surface area (Å²) in [6.07, 6.45) is 0. The van der Waals surface area contributed by atoms with Gasteiger partial charge >= 0.3 is 0 Å². The second-order valence-corrected chi connectivity index (χ2v) is 4.08. The Morgan fingerprint density at radius 1 is 1.19 bits per heavy atom. The summed E-state index contributed by atoms with van der Waals surface area (Å²) in [5.74, 6) is 1.39. The van der Waals surface area contributed by atoms with Gasteiger partial charge in [-0.3, -0.25) is 0 Å². The van der Waals surface area contributed by atoms with E-state index >= 15 is 0 Å². The molecule has 0 aliphatic carbocycles. The first-order chi connectivity index (χ1) is 7.78. The largest absolute Gasteiger partial charge is 0.493 e. The van der Waals surface area contributed by atoms with Crippen LogP contribution in [0.4, 0.5) is 0 Å². The number of thiazole rings is 1. The van der Waals surface area contributed by atoms with Gasteiger partial charge in [-0.25, -0.2) is 4.98 Å². The lowest BCUT2D eigenvalue weighted by Crippen LogP contribution is -1.90. The molecule has 16 heavy (non-hydrogen) atoms. The Bertz CT molecular complexity index is 454. The monoisotopic (exact) mass is 239 g/mol. The Morgan fingerprint density at radius 3 is 2.50 bits per heavy atom. The van der Waals surface area contributed by atoms with E-state index < -0.39 is 0 Å². The van der Waals surface area contributed by atoms with Gasteiger partial charge in [0.05, 0.1) is 31.0 Å². The molecular weight excluding hydrogens is 226 g/mol. The molecule has 0 aliphatic rings. The smallest absolute Gasteiger partial charge is 0.274 e. The first kappa shape index (κ1) is 11.0. The molecule has 0 amide bonds. The molecule has 0 atom stereocenters. The lowest BCUT2D eigenvalue weighted by molar-refractivity contribution is 0.339. The van der Waals surface area contributed by atoms with E-state index in [9.17, 15) is 0 Å². The average Bonchev–Trinajstić information content (AvgIpc) is 2.68. The van der Waals surface area contributed by atoms with Crippen LogP contribution in [-0.2, 0) is 0 Å². The summed E-state index contributed by atoms with van der Waals surface area (Å²) >= 11 is 1.50. The first-order valence-corrected chi connectivity index (χ1v) is 5.75. The van der Waals surface area contributed by atoms with Crippen molar-refractivity contribution in [2.75, 3.05) is 20.8 Å². The van der Waals surface area contributed by atoms with Crippen LogP contribution in [0, 0.1) is 0 Å². The van der Waals surface area contributed by atoms with Crippen LogP contribution in [0.15, 0.2) is 12.1 Å². The zero-order chi connectivity index (χ0) is 11.5. The molecule has 86 valence electrons. The van der Waals surface area contributed by atoms with E-state index in [0.29, 0.717) is 23.3 Å². The van der Waals surface area contributed by atoms with Crippen molar-refractivity contribution >= 4 is 21.6 Å². The standard InChI is InChI=1S/C11H13NO3S/c1-4-15-11-12-7-5-8(13-2)9(14-3)6-10(7)16-11/h5-6H,4H2,1-3H3. The SMILES string of the molecule is CCOc1nc2cc(OC)c(OC)cc2s1. The van der Waals surface area contributed by atoms with Crippen LogP contribution < -0.4 is 14.2 Å². The van der Waals surface area contributed by atoms with Gasteiger partial charge in [-0.1, -0.05) is 11.3 Å². The van der Waals surface area contributed by atoms with Gasteiger partial charge in [0.15, 0.2) is 11.5 Å². The van der Waals surface area contributed by atoms with Crippen LogP contribution in [0.2, 0.25) is 0 Å². The van der Waals surface area contributed by atoms with E-state index in [0.717, 1.165) is 10.2 Å². The highest BCUT2D eigenvalue weighted by atomic mass is 32.1. The van der Waals surface area contributed by atoms with Gasteiger partial charge in [-0.05, 0) is 6.92 Å². The fraction of sp³-hybridized carbons (Fsp3) is 0.364. The van der Waals surface area contributed by atoms with Crippen molar-refractivity contribution in [2.24, 2.45) is 0 Å². The van der Waals surface area contributed by atoms with E-state index in [1.54, 1.807) is 14.2 Å². The maximum Gasteiger partial charge on any atom is 0.274 e. The number of hydrogen-bond donors (Lipinski definition) is 0. The van der Waals surface area contributed by atoms with E-state index in [-0.39, 0.29) is 0 Å². The molecule has 0 fully saturated rings. The van der Waals surface area contributed by atoms with Crippen molar-refractivity contribution in [3.8, 4) is 16.7 Å². The molecule has 1 aromatic carbocycles. The molecule has 0 saturated carbocycles. The summed E-state index contributed by atoms with van der Waals surface area (Å²) in [5, 5.41) is 0.674. The van der Waals surface area contributed by atoms with Crippen molar-refractivity contribution in [1.29, 1.82) is 0 Å². The Hall–Kier alpha value is -1.49. The highest BCUT2D eigenvalue weighted by Crippen LogP contribution is 2.36. The third-order valence-corrected chi connectivity index (χ3v) is 3.07. The number of benzene rings is 1. The van der Waals surface area contributed by atoms with Crippen molar-refractivity contribution < 1.29 is 14.2 Å². The highest BCUT2D eigenvalue weighted by Gasteiger charge is 2.10. The minimum absolute atomic E-state index is 0.619. The van der Waals surface area contributed by atoms with Crippen LogP contribution >= 0.6 is 11.3 Å². The van der Waals surface area contributed by atoms with Gasteiger partial charge < -0.3 is 14.2 Å². The number of rotatable bonds is 4. The van der Waals surface area contributed by atoms with E-state index in [1.807, 2.05) is 19.1 Å². The predicted molar refractivity (Wildman–Crippen MR) is 63.9 cm³/mol. The molecule has 4 nitrogen and oxygen atoms in total. The summed E-state index contributed by atoms with van der Waals surface area (Å²) in [7, 11) is 3.23. The Morgan fingerprint density at radius 2 is 1.88 bits per heavy atom. The molecule has 0 radical (unpaired) electrons. The molecule has 1 heterocycles. The number of ether oxygens (including phenoxy) is 3. The first-order valence-electron chi connectivity index (χ1n) is 4.93. The molecular formula is C11H13NO3S. The van der Waals surface area contributed by atoms with Crippen LogP contribution in [0.25, 0.3) is 10.2 Å². The minimum Gasteiger partial charge on any atom is -0.493 e. The van der Waals surface area contributed by atoms with Gasteiger partial charge in [0.25, 0.3) is 5.19 Å². The van der Waals surface area contributed by atoms with Crippen LogP contribution in [0.5, 0.6) is 16.7 Å². The van der Waals surface area contributed by atoms with Gasteiger partial charge in [0.1, 0.15) is 0 Å². The molecule has 1 aromatic heterocycles. The Labute approximate surface area is 97.8 Å². The van der Waals surface area contributed by atoms with Gasteiger partial charge in [0.2, 0.25) is 0 Å². The average molecular weight is 239 g/mol. The van der Waals surface area contributed by atoms with Crippen LogP contribution in [-0.4, -0.2) is 25.8 Å². The molecule has 5 heteroatoms. The summed E-state index contributed by atoms with van der Waals surface area (Å²) in [5.41, 5.74) is 0.867. The van der Waals surface area contributed by atoms with Crippen molar-refractivity contribution in [3.05, 3.63) is 12.1 Å². The number of aromatic nitrogens is 1. The molecule has 0 aliphatic heterocycles. The van der Waals surface area contributed by atoms with Gasteiger partial charge in [-0.2, -0.15) is 0 Å².